The van der Waals surface area contributed by atoms with E-state index in [9.17, 15) is 14.9 Å². The molecule has 0 aromatic carbocycles. The van der Waals surface area contributed by atoms with Gasteiger partial charge in [-0.2, -0.15) is 17.0 Å². The van der Waals surface area contributed by atoms with E-state index < -0.39 is 0 Å². The summed E-state index contributed by atoms with van der Waals surface area (Å²) in [5.41, 5.74) is 2.16. The molecule has 2 aliphatic heterocycles. The minimum absolute atomic E-state index is 0.0267. The third kappa shape index (κ3) is 7.29. The molecule has 4 rings (SSSR count). The maximum atomic E-state index is 13.5. The quantitative estimate of drug-likeness (QED) is 0.367. The van der Waals surface area contributed by atoms with Gasteiger partial charge in [0.1, 0.15) is 0 Å². The maximum absolute atomic E-state index is 13.5. The molecule has 3 fully saturated rings. The number of hydrogen-bond donors (Lipinski definition) is 3. The van der Waals surface area contributed by atoms with Crippen molar-refractivity contribution in [2.24, 2.45) is 17.8 Å². The number of thioether (sulfide) groups is 2. The average Bonchev–Trinajstić information content (AvgIpc) is 3.42. The van der Waals surface area contributed by atoms with Crippen molar-refractivity contribution in [1.29, 1.82) is 5.26 Å². The van der Waals surface area contributed by atoms with Crippen LogP contribution in [0.3, 0.4) is 0 Å². The molecule has 204 valence electrons. The molecule has 0 aromatic heterocycles. The smallest absolute Gasteiger partial charge is 0.249 e. The Labute approximate surface area is 231 Å². The minimum atomic E-state index is -0.223. The number of allylic oxidation sites excluding steroid dienone is 2. The Kier molecular flexibility index (Phi) is 10.3. The van der Waals surface area contributed by atoms with Crippen LogP contribution in [0.4, 0.5) is 0 Å². The Hall–Kier alpha value is -1.59. The molecule has 2 amide bonds. The summed E-state index contributed by atoms with van der Waals surface area (Å²) in [6.45, 7) is 6.53. The molecule has 0 spiro atoms. The summed E-state index contributed by atoms with van der Waals surface area (Å²) in [4.78, 5) is 26.4. The first-order chi connectivity index (χ1) is 17.9. The van der Waals surface area contributed by atoms with Crippen LogP contribution in [0.25, 0.3) is 0 Å². The molecule has 2 unspecified atom stereocenters. The van der Waals surface area contributed by atoms with E-state index in [0.29, 0.717) is 11.5 Å². The van der Waals surface area contributed by atoms with Crippen molar-refractivity contribution in [3.05, 3.63) is 21.9 Å². The summed E-state index contributed by atoms with van der Waals surface area (Å²) in [7, 11) is 0. The van der Waals surface area contributed by atoms with Crippen LogP contribution in [0.2, 0.25) is 0 Å². The van der Waals surface area contributed by atoms with Crippen LogP contribution < -0.4 is 16.0 Å². The highest BCUT2D eigenvalue weighted by atomic mass is 32.2. The summed E-state index contributed by atoms with van der Waals surface area (Å²) in [5.74, 6) is 2.59. The fraction of sp³-hybridized carbons (Fsp3) is 0.759. The monoisotopic (exact) mass is 544 g/mol. The summed E-state index contributed by atoms with van der Waals surface area (Å²) in [6.07, 6.45) is 12.2. The van der Waals surface area contributed by atoms with E-state index in [0.717, 1.165) is 79.3 Å². The van der Waals surface area contributed by atoms with Crippen molar-refractivity contribution in [2.75, 3.05) is 11.5 Å². The molecule has 4 aliphatic rings. The lowest BCUT2D eigenvalue weighted by Gasteiger charge is -2.34. The standard InChI is InChI=1S/C29H44N4O2S2/c1-18(2)20-11-13-22(14-12-20)32-25(34)17-37-29-23(16-30)27(24-10-7-15-36-24)26(19(3)31-29)28(35)33-21-8-5-4-6-9-21/h18,20-22,24,27,31H,4-15,17H2,1-3H3,(H,32,34)(H,33,35). The summed E-state index contributed by atoms with van der Waals surface area (Å²) >= 11 is 3.28. The van der Waals surface area contributed by atoms with Gasteiger partial charge < -0.3 is 16.0 Å². The molecular weight excluding hydrogens is 500 g/mol. The minimum Gasteiger partial charge on any atom is -0.353 e. The second kappa shape index (κ2) is 13.5. The highest BCUT2D eigenvalue weighted by molar-refractivity contribution is 8.03. The molecule has 8 heteroatoms. The van der Waals surface area contributed by atoms with Crippen LogP contribution in [0, 0.1) is 29.1 Å². The van der Waals surface area contributed by atoms with Gasteiger partial charge in [0.05, 0.1) is 22.4 Å². The second-order valence-corrected chi connectivity index (χ2v) is 13.9. The molecule has 37 heavy (non-hydrogen) atoms. The lowest BCUT2D eigenvalue weighted by molar-refractivity contribution is -0.120. The normalized spacial score (nSPS) is 29.2. The Morgan fingerprint density at radius 1 is 1.03 bits per heavy atom. The molecule has 0 radical (unpaired) electrons. The van der Waals surface area contributed by atoms with Gasteiger partial charge in [-0.25, -0.2) is 0 Å². The Morgan fingerprint density at radius 3 is 2.35 bits per heavy atom. The number of nitriles is 1. The van der Waals surface area contributed by atoms with E-state index in [2.05, 4.69) is 35.9 Å². The largest absolute Gasteiger partial charge is 0.353 e. The van der Waals surface area contributed by atoms with Crippen molar-refractivity contribution in [2.45, 2.75) is 109 Å². The lowest BCUT2D eigenvalue weighted by atomic mass is 9.80. The molecule has 0 bridgehead atoms. The summed E-state index contributed by atoms with van der Waals surface area (Å²) < 4.78 is 0. The van der Waals surface area contributed by atoms with Gasteiger partial charge in [-0.3, -0.25) is 9.59 Å². The van der Waals surface area contributed by atoms with Crippen LogP contribution in [0.5, 0.6) is 0 Å². The van der Waals surface area contributed by atoms with Gasteiger partial charge in [-0.1, -0.05) is 44.9 Å². The number of nitrogens with zero attached hydrogens (tertiary/aromatic N) is 1. The van der Waals surface area contributed by atoms with E-state index in [-0.39, 0.29) is 40.8 Å². The fourth-order valence-electron chi connectivity index (χ4n) is 6.45. The van der Waals surface area contributed by atoms with Gasteiger partial charge in [-0.15, -0.1) is 0 Å². The van der Waals surface area contributed by atoms with Gasteiger partial charge in [-0.05, 0) is 75.9 Å². The van der Waals surface area contributed by atoms with Crippen LogP contribution in [0.15, 0.2) is 21.9 Å². The molecule has 2 heterocycles. The predicted molar refractivity (Wildman–Crippen MR) is 154 cm³/mol. The molecule has 2 saturated carbocycles. The molecule has 2 atom stereocenters. The number of rotatable bonds is 8. The zero-order valence-electron chi connectivity index (χ0n) is 22.7. The van der Waals surface area contributed by atoms with Crippen LogP contribution >= 0.6 is 23.5 Å². The second-order valence-electron chi connectivity index (χ2n) is 11.6. The van der Waals surface area contributed by atoms with E-state index in [4.69, 9.17) is 0 Å². The number of carbonyl (C=O) groups is 2. The third-order valence-electron chi connectivity index (χ3n) is 8.64. The first-order valence-corrected chi connectivity index (χ1v) is 16.4. The molecule has 0 aromatic rings. The Bertz CT molecular complexity index is 934. The number of hydrogen-bond acceptors (Lipinski definition) is 6. The topological polar surface area (TPSA) is 94.0 Å². The van der Waals surface area contributed by atoms with E-state index in [1.54, 1.807) is 0 Å². The van der Waals surface area contributed by atoms with Crippen LogP contribution in [0.1, 0.15) is 91.4 Å². The van der Waals surface area contributed by atoms with Crippen molar-refractivity contribution < 1.29 is 9.59 Å². The average molecular weight is 545 g/mol. The van der Waals surface area contributed by atoms with Crippen molar-refractivity contribution in [1.82, 2.24) is 16.0 Å². The van der Waals surface area contributed by atoms with Gasteiger partial charge in [0.15, 0.2) is 0 Å². The van der Waals surface area contributed by atoms with Gasteiger partial charge in [0.2, 0.25) is 11.8 Å². The number of carbonyl (C=O) groups excluding carboxylic acids is 2. The van der Waals surface area contributed by atoms with Gasteiger partial charge in [0, 0.05) is 34.5 Å². The fourth-order valence-corrected chi connectivity index (χ4v) is 8.80. The summed E-state index contributed by atoms with van der Waals surface area (Å²) in [5, 5.41) is 21.1. The SMILES string of the molecule is CC1=C(C(=O)NC2CCCCC2)C(C2CCCS2)C(C#N)=C(SCC(=O)NC2CCC(C(C)C)CC2)N1. The first-order valence-electron chi connectivity index (χ1n) is 14.3. The lowest BCUT2D eigenvalue weighted by Crippen LogP contribution is -2.43. The highest BCUT2D eigenvalue weighted by Gasteiger charge is 2.40. The highest BCUT2D eigenvalue weighted by Crippen LogP contribution is 2.44. The van der Waals surface area contributed by atoms with E-state index in [1.807, 2.05) is 18.7 Å². The van der Waals surface area contributed by atoms with Crippen molar-refractivity contribution in [3.8, 4) is 6.07 Å². The van der Waals surface area contributed by atoms with Gasteiger partial charge >= 0.3 is 0 Å². The third-order valence-corrected chi connectivity index (χ3v) is 11.1. The Morgan fingerprint density at radius 2 is 1.73 bits per heavy atom. The number of nitrogens with one attached hydrogen (secondary N) is 3. The predicted octanol–water partition coefficient (Wildman–Crippen LogP) is 5.62. The molecule has 6 nitrogen and oxygen atoms in total. The number of amides is 2. The van der Waals surface area contributed by atoms with Crippen molar-refractivity contribution >= 4 is 35.3 Å². The van der Waals surface area contributed by atoms with Gasteiger partial charge in [0.25, 0.3) is 0 Å². The van der Waals surface area contributed by atoms with E-state index in [1.165, 1.54) is 31.0 Å². The molecule has 2 aliphatic carbocycles. The zero-order chi connectivity index (χ0) is 26.4. The summed E-state index contributed by atoms with van der Waals surface area (Å²) in [6, 6.07) is 2.93. The van der Waals surface area contributed by atoms with Crippen LogP contribution in [-0.2, 0) is 9.59 Å². The molecular formula is C29H44N4O2S2. The molecule has 3 N–H and O–H groups in total. The number of dihydropyridines is 1. The van der Waals surface area contributed by atoms with Crippen molar-refractivity contribution in [3.63, 3.8) is 0 Å². The zero-order valence-corrected chi connectivity index (χ0v) is 24.4. The molecule has 1 saturated heterocycles. The maximum Gasteiger partial charge on any atom is 0.249 e. The van der Waals surface area contributed by atoms with E-state index >= 15 is 0 Å². The Balaban J connectivity index is 1.42. The van der Waals surface area contributed by atoms with Crippen LogP contribution in [-0.4, -0.2) is 40.7 Å². The first kappa shape index (κ1) is 28.4.